The molecule has 1 heterocycles. The Hall–Kier alpha value is -2.69. The monoisotopic (exact) mass is 270 g/mol. The summed E-state index contributed by atoms with van der Waals surface area (Å²) in [5.74, 6) is -1.45. The number of nitrogens with one attached hydrogen (secondary N) is 1. The van der Waals surface area contributed by atoms with E-state index in [-0.39, 0.29) is 17.2 Å². The van der Waals surface area contributed by atoms with Gasteiger partial charge in [-0.25, -0.2) is 4.79 Å². The number of hydrogen-bond donors (Lipinski definition) is 2. The lowest BCUT2D eigenvalue weighted by Gasteiger charge is -2.09. The smallest absolute Gasteiger partial charge is 0.337 e. The molecule has 20 heavy (non-hydrogen) atoms. The van der Waals surface area contributed by atoms with Crippen LogP contribution in [0.15, 0.2) is 42.7 Å². The van der Waals surface area contributed by atoms with Crippen LogP contribution in [-0.4, -0.2) is 22.0 Å². The molecular formula is C15H14N2O3. The number of amides is 1. The lowest BCUT2D eigenvalue weighted by atomic mass is 10.1. The van der Waals surface area contributed by atoms with Crippen molar-refractivity contribution in [1.29, 1.82) is 0 Å². The molecule has 0 radical (unpaired) electrons. The third-order valence-corrected chi connectivity index (χ3v) is 2.89. The molecule has 5 heteroatoms. The number of anilines is 1. The van der Waals surface area contributed by atoms with E-state index in [0.717, 1.165) is 12.0 Å². The molecule has 0 fully saturated rings. The maximum Gasteiger partial charge on any atom is 0.337 e. The quantitative estimate of drug-likeness (QED) is 0.895. The number of aromatic carboxylic acids is 1. The highest BCUT2D eigenvalue weighted by atomic mass is 16.4. The van der Waals surface area contributed by atoms with E-state index < -0.39 is 5.97 Å². The van der Waals surface area contributed by atoms with Gasteiger partial charge in [0.25, 0.3) is 5.91 Å². The Morgan fingerprint density at radius 3 is 2.70 bits per heavy atom. The van der Waals surface area contributed by atoms with Crippen molar-refractivity contribution >= 4 is 17.6 Å². The van der Waals surface area contributed by atoms with Crippen molar-refractivity contribution < 1.29 is 14.7 Å². The second-order valence-corrected chi connectivity index (χ2v) is 4.23. The van der Waals surface area contributed by atoms with Crippen LogP contribution in [-0.2, 0) is 6.42 Å². The van der Waals surface area contributed by atoms with Gasteiger partial charge in [-0.05, 0) is 36.2 Å². The number of aryl methyl sites for hydroxylation is 1. The van der Waals surface area contributed by atoms with E-state index >= 15 is 0 Å². The largest absolute Gasteiger partial charge is 0.478 e. The molecule has 2 N–H and O–H groups in total. The molecule has 2 aromatic rings. The Labute approximate surface area is 116 Å². The third kappa shape index (κ3) is 3.00. The number of benzene rings is 1. The molecule has 1 aromatic carbocycles. The third-order valence-electron chi connectivity index (χ3n) is 2.89. The minimum atomic E-state index is -1.07. The molecule has 0 saturated heterocycles. The van der Waals surface area contributed by atoms with Gasteiger partial charge in [-0.15, -0.1) is 0 Å². The van der Waals surface area contributed by atoms with E-state index in [1.54, 1.807) is 36.5 Å². The van der Waals surface area contributed by atoms with Crippen LogP contribution in [0.4, 0.5) is 5.69 Å². The van der Waals surface area contributed by atoms with Crippen molar-refractivity contribution in [2.24, 2.45) is 0 Å². The summed E-state index contributed by atoms with van der Waals surface area (Å²) >= 11 is 0. The molecule has 1 aromatic heterocycles. The normalized spacial score (nSPS) is 10.1. The summed E-state index contributed by atoms with van der Waals surface area (Å²) in [5, 5.41) is 11.8. The fraction of sp³-hybridized carbons (Fsp3) is 0.133. The van der Waals surface area contributed by atoms with Gasteiger partial charge < -0.3 is 10.4 Å². The molecule has 0 saturated carbocycles. The molecule has 0 unspecified atom stereocenters. The molecule has 5 nitrogen and oxygen atoms in total. The van der Waals surface area contributed by atoms with Crippen molar-refractivity contribution in [2.75, 3.05) is 5.32 Å². The summed E-state index contributed by atoms with van der Waals surface area (Å²) in [6, 6.07) is 8.24. The van der Waals surface area contributed by atoms with E-state index in [4.69, 9.17) is 0 Å². The zero-order valence-corrected chi connectivity index (χ0v) is 11.0. The maximum atomic E-state index is 12.0. The molecule has 0 atom stereocenters. The summed E-state index contributed by atoms with van der Waals surface area (Å²) < 4.78 is 0. The van der Waals surface area contributed by atoms with Crippen molar-refractivity contribution in [1.82, 2.24) is 4.98 Å². The second kappa shape index (κ2) is 5.97. The van der Waals surface area contributed by atoms with Crippen LogP contribution in [0.25, 0.3) is 0 Å². The molecule has 0 aliphatic heterocycles. The van der Waals surface area contributed by atoms with Gasteiger partial charge in [-0.1, -0.05) is 13.0 Å². The Kier molecular flexibility index (Phi) is 4.10. The molecule has 1 amide bonds. The number of carbonyl (C=O) groups is 2. The summed E-state index contributed by atoms with van der Waals surface area (Å²) in [6.07, 6.45) is 3.72. The zero-order valence-electron chi connectivity index (χ0n) is 11.0. The first-order chi connectivity index (χ1) is 9.61. The van der Waals surface area contributed by atoms with Gasteiger partial charge in [0, 0.05) is 12.4 Å². The van der Waals surface area contributed by atoms with Crippen molar-refractivity contribution in [2.45, 2.75) is 13.3 Å². The summed E-state index contributed by atoms with van der Waals surface area (Å²) in [4.78, 5) is 27.1. The molecule has 102 valence electrons. The number of aromatic nitrogens is 1. The number of carboxylic acids is 1. The maximum absolute atomic E-state index is 12.0. The van der Waals surface area contributed by atoms with E-state index in [1.165, 1.54) is 6.20 Å². The van der Waals surface area contributed by atoms with Crippen LogP contribution in [0.5, 0.6) is 0 Å². The minimum Gasteiger partial charge on any atom is -0.478 e. The Morgan fingerprint density at radius 1 is 1.30 bits per heavy atom. The van der Waals surface area contributed by atoms with E-state index in [2.05, 4.69) is 10.3 Å². The van der Waals surface area contributed by atoms with Crippen LogP contribution in [0.3, 0.4) is 0 Å². The van der Waals surface area contributed by atoms with Gasteiger partial charge in [0.15, 0.2) is 0 Å². The van der Waals surface area contributed by atoms with E-state index in [9.17, 15) is 14.7 Å². The fourth-order valence-corrected chi connectivity index (χ4v) is 1.79. The number of rotatable bonds is 4. The van der Waals surface area contributed by atoms with Crippen LogP contribution in [0, 0.1) is 0 Å². The predicted molar refractivity (Wildman–Crippen MR) is 75.0 cm³/mol. The number of nitrogens with zero attached hydrogens (tertiary/aromatic N) is 1. The molecule has 0 spiro atoms. The summed E-state index contributed by atoms with van der Waals surface area (Å²) in [7, 11) is 0. The molecule has 0 aliphatic carbocycles. The van der Waals surface area contributed by atoms with Crippen LogP contribution in [0.2, 0.25) is 0 Å². The molecular weight excluding hydrogens is 256 g/mol. The number of hydrogen-bond acceptors (Lipinski definition) is 3. The lowest BCUT2D eigenvalue weighted by Crippen LogP contribution is -2.15. The highest BCUT2D eigenvalue weighted by Crippen LogP contribution is 2.19. The Balaban J connectivity index is 2.29. The van der Waals surface area contributed by atoms with Crippen LogP contribution in [0.1, 0.15) is 33.2 Å². The first kappa shape index (κ1) is 13.7. The zero-order chi connectivity index (χ0) is 14.5. The van der Waals surface area contributed by atoms with Crippen molar-refractivity contribution in [3.63, 3.8) is 0 Å². The molecule has 0 aliphatic rings. The highest BCUT2D eigenvalue weighted by Gasteiger charge is 2.14. The SMILES string of the molecule is CCc1ccc(NC(=O)c2cccnc2)c(C(=O)O)c1. The first-order valence-electron chi connectivity index (χ1n) is 6.19. The Bertz CT molecular complexity index is 639. The van der Waals surface area contributed by atoms with Crippen LogP contribution >= 0.6 is 0 Å². The number of pyridine rings is 1. The van der Waals surface area contributed by atoms with Crippen LogP contribution < -0.4 is 5.32 Å². The highest BCUT2D eigenvalue weighted by molar-refractivity contribution is 6.07. The predicted octanol–water partition coefficient (Wildman–Crippen LogP) is 2.59. The summed E-state index contributed by atoms with van der Waals surface area (Å²) in [6.45, 7) is 1.94. The average molecular weight is 270 g/mol. The second-order valence-electron chi connectivity index (χ2n) is 4.23. The average Bonchev–Trinajstić information content (AvgIpc) is 2.48. The van der Waals surface area contributed by atoms with Gasteiger partial charge in [0.05, 0.1) is 16.8 Å². The van der Waals surface area contributed by atoms with Crippen molar-refractivity contribution in [3.05, 3.63) is 59.4 Å². The fourth-order valence-electron chi connectivity index (χ4n) is 1.79. The topological polar surface area (TPSA) is 79.3 Å². The van der Waals surface area contributed by atoms with Gasteiger partial charge >= 0.3 is 5.97 Å². The number of carboxylic acid groups (broad SMARTS) is 1. The van der Waals surface area contributed by atoms with Gasteiger partial charge in [-0.2, -0.15) is 0 Å². The first-order valence-corrected chi connectivity index (χ1v) is 6.19. The Morgan fingerprint density at radius 2 is 2.10 bits per heavy atom. The molecule has 0 bridgehead atoms. The van der Waals surface area contributed by atoms with Gasteiger partial charge in [0.2, 0.25) is 0 Å². The lowest BCUT2D eigenvalue weighted by molar-refractivity contribution is 0.0698. The van der Waals surface area contributed by atoms with Crippen molar-refractivity contribution in [3.8, 4) is 0 Å². The van der Waals surface area contributed by atoms with Gasteiger partial charge in [0.1, 0.15) is 0 Å². The van der Waals surface area contributed by atoms with E-state index in [0.29, 0.717) is 5.56 Å². The standard InChI is InChI=1S/C15H14N2O3/c1-2-10-5-6-13(12(8-10)15(19)20)17-14(18)11-4-3-7-16-9-11/h3-9H,2H2,1H3,(H,17,18)(H,19,20). The van der Waals surface area contributed by atoms with E-state index in [1.807, 2.05) is 6.92 Å². The number of carbonyl (C=O) groups excluding carboxylic acids is 1. The summed E-state index contributed by atoms with van der Waals surface area (Å²) in [5.41, 5.74) is 1.65. The molecule has 2 rings (SSSR count). The minimum absolute atomic E-state index is 0.0848. The van der Waals surface area contributed by atoms with Gasteiger partial charge in [-0.3, -0.25) is 9.78 Å².